The van der Waals surface area contributed by atoms with Crippen LogP contribution in [0.25, 0.3) is 0 Å². The molecule has 1 amide bonds. The summed E-state index contributed by atoms with van der Waals surface area (Å²) in [5.41, 5.74) is 3.18. The van der Waals surface area contributed by atoms with Crippen molar-refractivity contribution in [3.8, 4) is 0 Å². The maximum Gasteiger partial charge on any atom is 0.253 e. The minimum atomic E-state index is -0.311. The number of carbonyl (C=O) groups is 1. The molecule has 114 valence electrons. The van der Waals surface area contributed by atoms with Gasteiger partial charge in [0.25, 0.3) is 5.91 Å². The number of thioether (sulfide) groups is 1. The molecule has 0 saturated carbocycles. The van der Waals surface area contributed by atoms with Gasteiger partial charge in [0.15, 0.2) is 0 Å². The number of hydrogen-bond donors (Lipinski definition) is 1. The van der Waals surface area contributed by atoms with Crippen LogP contribution >= 0.6 is 23.4 Å². The Balaban J connectivity index is 1.85. The number of nitrogens with one attached hydrogen (secondary N) is 1. The summed E-state index contributed by atoms with van der Waals surface area (Å²) in [5.74, 6) is -0.521. The van der Waals surface area contributed by atoms with E-state index in [-0.39, 0.29) is 17.0 Å². The first kappa shape index (κ1) is 16.5. The van der Waals surface area contributed by atoms with E-state index in [2.05, 4.69) is 10.5 Å². The van der Waals surface area contributed by atoms with Crippen molar-refractivity contribution < 1.29 is 9.18 Å². The van der Waals surface area contributed by atoms with Gasteiger partial charge in [0, 0.05) is 9.92 Å². The van der Waals surface area contributed by atoms with Crippen LogP contribution in [-0.2, 0) is 4.79 Å². The number of benzene rings is 2. The predicted octanol–water partition coefficient (Wildman–Crippen LogP) is 4.11. The van der Waals surface area contributed by atoms with Crippen LogP contribution in [0.1, 0.15) is 12.5 Å². The number of nitrogens with zero attached hydrogens (tertiary/aromatic N) is 1. The molecule has 0 fully saturated rings. The molecule has 0 aliphatic rings. The summed E-state index contributed by atoms with van der Waals surface area (Å²) in [6.07, 6.45) is 1.47. The van der Waals surface area contributed by atoms with Gasteiger partial charge in [-0.3, -0.25) is 4.79 Å². The van der Waals surface area contributed by atoms with Crippen LogP contribution < -0.4 is 5.43 Å². The number of halogens is 2. The zero-order chi connectivity index (χ0) is 15.9. The molecular formula is C16H14ClFN2OS. The third kappa shape index (κ3) is 5.16. The third-order valence-electron chi connectivity index (χ3n) is 2.75. The molecule has 0 unspecified atom stereocenters. The van der Waals surface area contributed by atoms with Crippen molar-refractivity contribution in [1.29, 1.82) is 0 Å². The smallest absolute Gasteiger partial charge is 0.253 e. The zero-order valence-electron chi connectivity index (χ0n) is 11.8. The number of rotatable bonds is 5. The molecule has 22 heavy (non-hydrogen) atoms. The lowest BCUT2D eigenvalue weighted by molar-refractivity contribution is -0.120. The summed E-state index contributed by atoms with van der Waals surface area (Å²) < 4.78 is 12.7. The largest absolute Gasteiger partial charge is 0.272 e. The molecule has 0 bridgehead atoms. The second kappa shape index (κ2) is 7.96. The Kier molecular flexibility index (Phi) is 5.98. The van der Waals surface area contributed by atoms with Gasteiger partial charge in [-0.15, -0.1) is 11.8 Å². The van der Waals surface area contributed by atoms with Gasteiger partial charge in [-0.25, -0.2) is 9.82 Å². The fourth-order valence-electron chi connectivity index (χ4n) is 1.58. The van der Waals surface area contributed by atoms with E-state index < -0.39 is 0 Å². The molecule has 0 heterocycles. The van der Waals surface area contributed by atoms with Crippen molar-refractivity contribution in [3.63, 3.8) is 0 Å². The van der Waals surface area contributed by atoms with Crippen molar-refractivity contribution in [1.82, 2.24) is 5.43 Å². The fraction of sp³-hybridized carbons (Fsp3) is 0.125. The molecule has 3 nitrogen and oxygen atoms in total. The van der Waals surface area contributed by atoms with E-state index in [0.29, 0.717) is 10.6 Å². The van der Waals surface area contributed by atoms with Crippen molar-refractivity contribution in [2.75, 3.05) is 0 Å². The minimum absolute atomic E-state index is 0.210. The van der Waals surface area contributed by atoms with Crippen LogP contribution in [0.4, 0.5) is 4.39 Å². The van der Waals surface area contributed by atoms with Gasteiger partial charge in [-0.1, -0.05) is 23.7 Å². The average molecular weight is 337 g/mol. The van der Waals surface area contributed by atoms with Gasteiger partial charge < -0.3 is 0 Å². The zero-order valence-corrected chi connectivity index (χ0v) is 13.4. The first-order valence-corrected chi connectivity index (χ1v) is 7.81. The van der Waals surface area contributed by atoms with Crippen molar-refractivity contribution in [3.05, 3.63) is 64.9 Å². The highest BCUT2D eigenvalue weighted by Crippen LogP contribution is 2.24. The van der Waals surface area contributed by atoms with Gasteiger partial charge in [0.1, 0.15) is 5.82 Å². The highest BCUT2D eigenvalue weighted by molar-refractivity contribution is 8.00. The van der Waals surface area contributed by atoms with E-state index in [4.69, 9.17) is 11.6 Å². The lowest BCUT2D eigenvalue weighted by Gasteiger charge is -2.09. The quantitative estimate of drug-likeness (QED) is 0.507. The highest BCUT2D eigenvalue weighted by Gasteiger charge is 2.13. The Labute approximate surface area is 137 Å². The first-order chi connectivity index (χ1) is 10.5. The molecule has 2 aromatic carbocycles. The van der Waals surface area contributed by atoms with Crippen LogP contribution in [0.2, 0.25) is 5.02 Å². The van der Waals surface area contributed by atoms with E-state index in [1.54, 1.807) is 31.2 Å². The summed E-state index contributed by atoms with van der Waals surface area (Å²) in [5, 5.41) is 4.22. The second-order valence-electron chi connectivity index (χ2n) is 4.50. The predicted molar refractivity (Wildman–Crippen MR) is 88.9 cm³/mol. The molecule has 2 aromatic rings. The van der Waals surface area contributed by atoms with E-state index in [0.717, 1.165) is 4.90 Å². The Hall–Kier alpha value is -1.85. The second-order valence-corrected chi connectivity index (χ2v) is 6.35. The van der Waals surface area contributed by atoms with E-state index in [1.807, 2.05) is 12.1 Å². The molecule has 2 rings (SSSR count). The van der Waals surface area contributed by atoms with Crippen LogP contribution in [-0.4, -0.2) is 17.4 Å². The summed E-state index contributed by atoms with van der Waals surface area (Å²) in [7, 11) is 0. The van der Waals surface area contributed by atoms with Gasteiger partial charge in [-0.05, 0) is 48.9 Å². The molecule has 0 radical (unpaired) electrons. The lowest BCUT2D eigenvalue weighted by atomic mass is 10.2. The molecule has 1 atom stereocenters. The number of hydrogen-bond acceptors (Lipinski definition) is 3. The maximum atomic E-state index is 12.7. The Morgan fingerprint density at radius 1 is 1.23 bits per heavy atom. The molecule has 0 aromatic heterocycles. The standard InChI is InChI=1S/C16H14ClFN2OS/c1-11(22-15-8-4-13(17)5-9-15)16(21)20-19-10-12-2-6-14(18)7-3-12/h2-11H,1H3,(H,20,21)/b19-10-/t11-/m1/s1. The van der Waals surface area contributed by atoms with E-state index >= 15 is 0 Å². The highest BCUT2D eigenvalue weighted by atomic mass is 35.5. The Morgan fingerprint density at radius 3 is 2.50 bits per heavy atom. The molecule has 0 aliphatic heterocycles. The summed E-state index contributed by atoms with van der Waals surface area (Å²) >= 11 is 7.23. The molecule has 0 spiro atoms. The monoisotopic (exact) mass is 336 g/mol. The normalized spacial score (nSPS) is 12.3. The summed E-state index contributed by atoms with van der Waals surface area (Å²) in [4.78, 5) is 12.9. The average Bonchev–Trinajstić information content (AvgIpc) is 2.51. The molecule has 0 aliphatic carbocycles. The van der Waals surface area contributed by atoms with Crippen LogP contribution in [0.15, 0.2) is 58.5 Å². The van der Waals surface area contributed by atoms with Crippen LogP contribution in [0.3, 0.4) is 0 Å². The van der Waals surface area contributed by atoms with Gasteiger partial charge in [-0.2, -0.15) is 5.10 Å². The van der Waals surface area contributed by atoms with E-state index in [1.165, 1.54) is 30.1 Å². The fourth-order valence-corrected chi connectivity index (χ4v) is 2.57. The summed E-state index contributed by atoms with van der Waals surface area (Å²) in [6.45, 7) is 1.79. The number of carbonyl (C=O) groups excluding carboxylic acids is 1. The Bertz CT molecular complexity index is 659. The first-order valence-electron chi connectivity index (χ1n) is 6.55. The molecule has 0 saturated heterocycles. The molecule has 1 N–H and O–H groups in total. The maximum absolute atomic E-state index is 12.7. The topological polar surface area (TPSA) is 41.5 Å². The SMILES string of the molecule is C[C@@H](Sc1ccc(Cl)cc1)C(=O)N/N=C\c1ccc(F)cc1. The third-order valence-corrected chi connectivity index (χ3v) is 4.12. The molecule has 6 heteroatoms. The van der Waals surface area contributed by atoms with Crippen molar-refractivity contribution in [2.24, 2.45) is 5.10 Å². The summed E-state index contributed by atoms with van der Waals surface area (Å²) in [6, 6.07) is 13.1. The lowest BCUT2D eigenvalue weighted by Crippen LogP contribution is -2.26. The number of amides is 1. The van der Waals surface area contributed by atoms with Crippen LogP contribution in [0.5, 0.6) is 0 Å². The molecular weight excluding hydrogens is 323 g/mol. The van der Waals surface area contributed by atoms with Gasteiger partial charge >= 0.3 is 0 Å². The van der Waals surface area contributed by atoms with Gasteiger partial charge in [0.05, 0.1) is 11.5 Å². The van der Waals surface area contributed by atoms with Crippen LogP contribution in [0, 0.1) is 5.82 Å². The Morgan fingerprint density at radius 2 is 1.86 bits per heavy atom. The minimum Gasteiger partial charge on any atom is -0.272 e. The number of hydrazone groups is 1. The van der Waals surface area contributed by atoms with Gasteiger partial charge in [0.2, 0.25) is 0 Å². The van der Waals surface area contributed by atoms with Crippen molar-refractivity contribution >= 4 is 35.5 Å². The van der Waals surface area contributed by atoms with E-state index in [9.17, 15) is 9.18 Å². The van der Waals surface area contributed by atoms with Crippen molar-refractivity contribution in [2.45, 2.75) is 17.1 Å².